The fraction of sp³-hybridized carbons (Fsp3) is 0.250. The third-order valence-electron chi connectivity index (χ3n) is 2.45. The van der Waals surface area contributed by atoms with Gasteiger partial charge in [0.1, 0.15) is 0 Å². The van der Waals surface area contributed by atoms with E-state index in [2.05, 4.69) is 18.5 Å². The smallest absolute Gasteiger partial charge is 0.228 e. The van der Waals surface area contributed by atoms with Crippen molar-refractivity contribution in [3.8, 4) is 12.3 Å². The van der Waals surface area contributed by atoms with Gasteiger partial charge in [-0.2, -0.15) is 12.6 Å². The minimum absolute atomic E-state index is 0.128. The summed E-state index contributed by atoms with van der Waals surface area (Å²) in [5.41, 5.74) is 1.73. The van der Waals surface area contributed by atoms with E-state index < -0.39 is 0 Å². The Kier molecular flexibility index (Phi) is 2.70. The van der Waals surface area contributed by atoms with Crippen LogP contribution in [0.5, 0.6) is 0 Å². The van der Waals surface area contributed by atoms with E-state index in [1.807, 2.05) is 24.3 Å². The van der Waals surface area contributed by atoms with Gasteiger partial charge in [0.25, 0.3) is 0 Å². The van der Waals surface area contributed by atoms with E-state index in [1.54, 1.807) is 4.90 Å². The van der Waals surface area contributed by atoms with Gasteiger partial charge in [-0.1, -0.05) is 5.92 Å². The summed E-state index contributed by atoms with van der Waals surface area (Å²) in [6.45, 7) is 0.678. The predicted octanol–water partition coefficient (Wildman–Crippen LogP) is 1.70. The first kappa shape index (κ1) is 10.1. The Hall–Kier alpha value is -1.40. The molecule has 1 aliphatic rings. The maximum absolute atomic E-state index is 11.6. The number of hydrogen-bond acceptors (Lipinski definition) is 2. The number of hydrogen-bond donors (Lipinski definition) is 1. The maximum atomic E-state index is 11.6. The number of anilines is 1. The Bertz CT molecular complexity index is 418. The molecule has 0 spiro atoms. The maximum Gasteiger partial charge on any atom is 0.228 e. The zero-order chi connectivity index (χ0) is 10.8. The van der Waals surface area contributed by atoms with Crippen LogP contribution in [0.4, 0.5) is 5.69 Å². The largest absolute Gasteiger partial charge is 0.311 e. The molecule has 0 radical (unpaired) electrons. The molecule has 0 bridgehead atoms. The summed E-state index contributed by atoms with van der Waals surface area (Å²) in [7, 11) is 0. The number of amides is 1. The number of rotatable bonds is 1. The van der Waals surface area contributed by atoms with E-state index in [1.165, 1.54) is 0 Å². The second-order valence-corrected chi connectivity index (χ2v) is 4.28. The lowest BCUT2D eigenvalue weighted by atomic mass is 10.2. The van der Waals surface area contributed by atoms with Crippen molar-refractivity contribution in [1.29, 1.82) is 0 Å². The van der Waals surface area contributed by atoms with Gasteiger partial charge in [0.15, 0.2) is 0 Å². The van der Waals surface area contributed by atoms with Crippen LogP contribution in [0.25, 0.3) is 0 Å². The number of thiol groups is 1. The molecular weight excluding hydrogens is 206 g/mol. The van der Waals surface area contributed by atoms with Crippen LogP contribution in [-0.4, -0.2) is 17.7 Å². The zero-order valence-corrected chi connectivity index (χ0v) is 9.08. The van der Waals surface area contributed by atoms with E-state index in [0.29, 0.717) is 13.0 Å². The van der Waals surface area contributed by atoms with Crippen molar-refractivity contribution in [3.63, 3.8) is 0 Å². The molecule has 1 aromatic carbocycles. The van der Waals surface area contributed by atoms with Crippen LogP contribution in [0, 0.1) is 12.3 Å². The topological polar surface area (TPSA) is 20.3 Å². The molecule has 1 atom stereocenters. The van der Waals surface area contributed by atoms with E-state index in [4.69, 9.17) is 6.42 Å². The lowest BCUT2D eigenvalue weighted by Crippen LogP contribution is -2.24. The zero-order valence-electron chi connectivity index (χ0n) is 8.18. The Morgan fingerprint density at radius 3 is 2.53 bits per heavy atom. The molecule has 0 aliphatic carbocycles. The average Bonchev–Trinajstić information content (AvgIpc) is 2.58. The molecule has 76 valence electrons. The third-order valence-corrected chi connectivity index (χ3v) is 2.80. The Balaban J connectivity index is 2.23. The fourth-order valence-corrected chi connectivity index (χ4v) is 2.00. The van der Waals surface area contributed by atoms with Crippen LogP contribution in [-0.2, 0) is 4.79 Å². The highest BCUT2D eigenvalue weighted by Crippen LogP contribution is 2.23. The molecule has 2 nitrogen and oxygen atoms in total. The second-order valence-electron chi connectivity index (χ2n) is 3.55. The van der Waals surface area contributed by atoms with Gasteiger partial charge in [0, 0.05) is 29.5 Å². The second kappa shape index (κ2) is 4.00. The van der Waals surface area contributed by atoms with Crippen LogP contribution in [0.2, 0.25) is 0 Å². The number of terminal acetylenes is 1. The van der Waals surface area contributed by atoms with Crippen molar-refractivity contribution >= 4 is 24.2 Å². The van der Waals surface area contributed by atoms with Crippen LogP contribution in [0.1, 0.15) is 12.0 Å². The van der Waals surface area contributed by atoms with E-state index in [-0.39, 0.29) is 11.2 Å². The van der Waals surface area contributed by atoms with Crippen LogP contribution in [0.3, 0.4) is 0 Å². The minimum atomic E-state index is 0.128. The van der Waals surface area contributed by atoms with Gasteiger partial charge >= 0.3 is 0 Å². The Morgan fingerprint density at radius 2 is 2.07 bits per heavy atom. The lowest BCUT2D eigenvalue weighted by molar-refractivity contribution is -0.117. The van der Waals surface area contributed by atoms with Gasteiger partial charge in [-0.15, -0.1) is 6.42 Å². The first-order valence-corrected chi connectivity index (χ1v) is 5.27. The third kappa shape index (κ3) is 2.00. The molecule has 15 heavy (non-hydrogen) atoms. The molecule has 2 rings (SSSR count). The lowest BCUT2D eigenvalue weighted by Gasteiger charge is -2.15. The minimum Gasteiger partial charge on any atom is -0.311 e. The highest BCUT2D eigenvalue weighted by Gasteiger charge is 2.27. The van der Waals surface area contributed by atoms with Crippen molar-refractivity contribution < 1.29 is 4.79 Å². The van der Waals surface area contributed by atoms with Crippen molar-refractivity contribution in [1.82, 2.24) is 0 Å². The molecule has 1 amide bonds. The highest BCUT2D eigenvalue weighted by molar-refractivity contribution is 7.81. The van der Waals surface area contributed by atoms with Gasteiger partial charge in [-0.25, -0.2) is 0 Å². The summed E-state index contributed by atoms with van der Waals surface area (Å²) in [6, 6.07) is 7.43. The number of benzene rings is 1. The molecular formula is C12H11NOS. The van der Waals surface area contributed by atoms with Crippen molar-refractivity contribution in [2.75, 3.05) is 11.4 Å². The first-order chi connectivity index (χ1) is 7.20. The molecule has 1 heterocycles. The average molecular weight is 217 g/mol. The summed E-state index contributed by atoms with van der Waals surface area (Å²) >= 11 is 4.31. The summed E-state index contributed by atoms with van der Waals surface area (Å²) in [4.78, 5) is 13.3. The summed E-state index contributed by atoms with van der Waals surface area (Å²) in [6.07, 6.45) is 5.77. The molecule has 1 aromatic rings. The quantitative estimate of drug-likeness (QED) is 0.561. The van der Waals surface area contributed by atoms with Gasteiger partial charge in [0.05, 0.1) is 0 Å². The van der Waals surface area contributed by atoms with Gasteiger partial charge in [-0.3, -0.25) is 4.79 Å². The summed E-state index contributed by atoms with van der Waals surface area (Å²) < 4.78 is 0. The van der Waals surface area contributed by atoms with Gasteiger partial charge in [0.2, 0.25) is 5.91 Å². The monoisotopic (exact) mass is 217 g/mol. The molecule has 0 aromatic heterocycles. The summed E-state index contributed by atoms with van der Waals surface area (Å²) in [5, 5.41) is 0.143. The molecule has 3 heteroatoms. The first-order valence-electron chi connectivity index (χ1n) is 4.76. The molecule has 1 saturated heterocycles. The SMILES string of the molecule is C#Cc1ccc(N2CC(S)CC2=O)cc1. The highest BCUT2D eigenvalue weighted by atomic mass is 32.1. The normalized spacial score (nSPS) is 20.4. The Morgan fingerprint density at radius 1 is 1.40 bits per heavy atom. The van der Waals surface area contributed by atoms with Crippen molar-refractivity contribution in [3.05, 3.63) is 29.8 Å². The predicted molar refractivity (Wildman–Crippen MR) is 64.1 cm³/mol. The number of nitrogens with zero attached hydrogens (tertiary/aromatic N) is 1. The van der Waals surface area contributed by atoms with Gasteiger partial charge in [-0.05, 0) is 24.3 Å². The molecule has 0 saturated carbocycles. The van der Waals surface area contributed by atoms with E-state index >= 15 is 0 Å². The molecule has 1 aliphatic heterocycles. The molecule has 1 unspecified atom stereocenters. The van der Waals surface area contributed by atoms with Gasteiger partial charge < -0.3 is 4.90 Å². The molecule has 1 fully saturated rings. The Labute approximate surface area is 94.7 Å². The van der Waals surface area contributed by atoms with E-state index in [9.17, 15) is 4.79 Å². The standard InChI is InChI=1S/C12H11NOS/c1-2-9-3-5-10(6-4-9)13-8-11(15)7-12(13)14/h1,3-6,11,15H,7-8H2. The van der Waals surface area contributed by atoms with Crippen molar-refractivity contribution in [2.24, 2.45) is 0 Å². The van der Waals surface area contributed by atoms with E-state index in [0.717, 1.165) is 11.3 Å². The van der Waals surface area contributed by atoms with Crippen molar-refractivity contribution in [2.45, 2.75) is 11.7 Å². The van der Waals surface area contributed by atoms with Crippen LogP contribution in [0.15, 0.2) is 24.3 Å². The van der Waals surface area contributed by atoms with Crippen LogP contribution < -0.4 is 4.90 Å². The molecule has 0 N–H and O–H groups in total. The summed E-state index contributed by atoms with van der Waals surface area (Å²) in [5.74, 6) is 2.67. The fourth-order valence-electron chi connectivity index (χ4n) is 1.68. The van der Waals surface area contributed by atoms with Crippen LogP contribution >= 0.6 is 12.6 Å². The number of carbonyl (C=O) groups is 1. The number of carbonyl (C=O) groups excluding carboxylic acids is 1.